The molecule has 2 rings (SSSR count). The molecule has 2 atom stereocenters. The fraction of sp³-hybridized carbons (Fsp3) is 1.00. The molecular weight excluding hydrogens is 228 g/mol. The van der Waals surface area contributed by atoms with Crippen LogP contribution in [0.25, 0.3) is 0 Å². The SMILES string of the molecule is CCSC1CCC(NCCCN2CCCC2)C1. The zero-order valence-corrected chi connectivity index (χ0v) is 12.1. The highest BCUT2D eigenvalue weighted by atomic mass is 32.2. The minimum Gasteiger partial charge on any atom is -0.314 e. The van der Waals surface area contributed by atoms with E-state index in [0.29, 0.717) is 0 Å². The molecule has 2 fully saturated rings. The zero-order chi connectivity index (χ0) is 11.9. The van der Waals surface area contributed by atoms with Crippen molar-refractivity contribution in [2.75, 3.05) is 31.9 Å². The lowest BCUT2D eigenvalue weighted by Gasteiger charge is -2.16. The second kappa shape index (κ2) is 7.65. The highest BCUT2D eigenvalue weighted by Crippen LogP contribution is 2.29. The van der Waals surface area contributed by atoms with Crippen LogP contribution in [0.5, 0.6) is 0 Å². The lowest BCUT2D eigenvalue weighted by atomic mass is 10.2. The van der Waals surface area contributed by atoms with Gasteiger partial charge in [0.05, 0.1) is 0 Å². The van der Waals surface area contributed by atoms with Gasteiger partial charge in [-0.2, -0.15) is 11.8 Å². The van der Waals surface area contributed by atoms with Crippen molar-refractivity contribution in [3.63, 3.8) is 0 Å². The normalized spacial score (nSPS) is 30.2. The predicted octanol–water partition coefficient (Wildman–Crippen LogP) is 2.74. The molecule has 17 heavy (non-hydrogen) atoms. The van der Waals surface area contributed by atoms with Gasteiger partial charge in [-0.3, -0.25) is 0 Å². The van der Waals surface area contributed by atoms with E-state index in [1.165, 1.54) is 70.5 Å². The van der Waals surface area contributed by atoms with Crippen molar-refractivity contribution < 1.29 is 0 Å². The molecule has 1 aliphatic carbocycles. The van der Waals surface area contributed by atoms with Gasteiger partial charge >= 0.3 is 0 Å². The average molecular weight is 256 g/mol. The average Bonchev–Trinajstić information content (AvgIpc) is 2.96. The van der Waals surface area contributed by atoms with E-state index in [-0.39, 0.29) is 0 Å². The summed E-state index contributed by atoms with van der Waals surface area (Å²) in [6.07, 6.45) is 8.42. The van der Waals surface area contributed by atoms with Crippen LogP contribution in [0.15, 0.2) is 0 Å². The van der Waals surface area contributed by atoms with Crippen LogP contribution < -0.4 is 5.32 Å². The Kier molecular flexibility index (Phi) is 6.16. The van der Waals surface area contributed by atoms with E-state index in [1.807, 2.05) is 0 Å². The van der Waals surface area contributed by atoms with Crippen LogP contribution in [0.4, 0.5) is 0 Å². The summed E-state index contributed by atoms with van der Waals surface area (Å²) >= 11 is 2.15. The van der Waals surface area contributed by atoms with E-state index in [9.17, 15) is 0 Å². The summed E-state index contributed by atoms with van der Waals surface area (Å²) in [5.74, 6) is 1.28. The molecule has 0 amide bonds. The summed E-state index contributed by atoms with van der Waals surface area (Å²) in [5, 5.41) is 4.69. The zero-order valence-electron chi connectivity index (χ0n) is 11.3. The van der Waals surface area contributed by atoms with E-state index in [2.05, 4.69) is 28.9 Å². The first kappa shape index (κ1) is 13.7. The van der Waals surface area contributed by atoms with Crippen LogP contribution in [-0.4, -0.2) is 48.1 Å². The molecule has 0 radical (unpaired) electrons. The van der Waals surface area contributed by atoms with E-state index in [0.717, 1.165) is 11.3 Å². The van der Waals surface area contributed by atoms with Gasteiger partial charge in [0.15, 0.2) is 0 Å². The third kappa shape index (κ3) is 4.80. The van der Waals surface area contributed by atoms with Crippen LogP contribution in [0.2, 0.25) is 0 Å². The third-order valence-corrected chi connectivity index (χ3v) is 5.30. The van der Waals surface area contributed by atoms with Gasteiger partial charge < -0.3 is 10.2 Å². The number of hydrogen-bond acceptors (Lipinski definition) is 3. The molecule has 1 aliphatic heterocycles. The first-order valence-corrected chi connectivity index (χ1v) is 8.50. The summed E-state index contributed by atoms with van der Waals surface area (Å²) in [5.41, 5.74) is 0. The molecule has 2 aliphatic rings. The summed E-state index contributed by atoms with van der Waals surface area (Å²) in [6, 6.07) is 0.817. The Morgan fingerprint density at radius 1 is 1.24 bits per heavy atom. The van der Waals surface area contributed by atoms with Crippen molar-refractivity contribution in [2.24, 2.45) is 0 Å². The predicted molar refractivity (Wildman–Crippen MR) is 77.9 cm³/mol. The molecule has 0 spiro atoms. The van der Waals surface area contributed by atoms with Crippen LogP contribution in [-0.2, 0) is 0 Å². The molecule has 1 heterocycles. The van der Waals surface area contributed by atoms with Crippen molar-refractivity contribution in [3.05, 3.63) is 0 Å². The number of thioether (sulfide) groups is 1. The molecule has 100 valence electrons. The lowest BCUT2D eigenvalue weighted by molar-refractivity contribution is 0.327. The molecule has 1 N–H and O–H groups in total. The second-order valence-corrected chi connectivity index (χ2v) is 7.02. The molecule has 2 unspecified atom stereocenters. The highest BCUT2D eigenvalue weighted by molar-refractivity contribution is 7.99. The first-order chi connectivity index (χ1) is 8.38. The highest BCUT2D eigenvalue weighted by Gasteiger charge is 2.23. The molecule has 0 aromatic heterocycles. The van der Waals surface area contributed by atoms with Gasteiger partial charge in [-0.05, 0) is 70.5 Å². The molecule has 2 nitrogen and oxygen atoms in total. The fourth-order valence-corrected chi connectivity index (χ4v) is 4.27. The molecule has 3 heteroatoms. The van der Waals surface area contributed by atoms with Crippen molar-refractivity contribution in [2.45, 2.75) is 56.7 Å². The Balaban J connectivity index is 1.48. The lowest BCUT2D eigenvalue weighted by Crippen LogP contribution is -2.30. The van der Waals surface area contributed by atoms with Crippen molar-refractivity contribution >= 4 is 11.8 Å². The van der Waals surface area contributed by atoms with Gasteiger partial charge in [0.2, 0.25) is 0 Å². The Morgan fingerprint density at radius 3 is 2.82 bits per heavy atom. The van der Waals surface area contributed by atoms with Crippen LogP contribution in [0.1, 0.15) is 45.4 Å². The molecular formula is C14H28N2S. The molecule has 0 aromatic rings. The van der Waals surface area contributed by atoms with Crippen molar-refractivity contribution in [3.8, 4) is 0 Å². The molecule has 0 bridgehead atoms. The molecule has 1 saturated heterocycles. The number of nitrogens with one attached hydrogen (secondary N) is 1. The number of nitrogens with zero attached hydrogens (tertiary/aromatic N) is 1. The summed E-state index contributed by atoms with van der Waals surface area (Å²) in [4.78, 5) is 2.62. The number of hydrogen-bond donors (Lipinski definition) is 1. The maximum atomic E-state index is 3.75. The van der Waals surface area contributed by atoms with Crippen molar-refractivity contribution in [1.82, 2.24) is 10.2 Å². The quantitative estimate of drug-likeness (QED) is 0.705. The smallest absolute Gasteiger partial charge is 0.00780 e. The van der Waals surface area contributed by atoms with Gasteiger partial charge in [-0.1, -0.05) is 6.92 Å². The van der Waals surface area contributed by atoms with Gasteiger partial charge in [-0.25, -0.2) is 0 Å². The second-order valence-electron chi connectivity index (χ2n) is 5.44. The first-order valence-electron chi connectivity index (χ1n) is 7.46. The Labute approximate surface area is 111 Å². The minimum atomic E-state index is 0.817. The monoisotopic (exact) mass is 256 g/mol. The van der Waals surface area contributed by atoms with E-state index < -0.39 is 0 Å². The third-order valence-electron chi connectivity index (χ3n) is 4.07. The number of likely N-dealkylation sites (tertiary alicyclic amines) is 1. The van der Waals surface area contributed by atoms with E-state index >= 15 is 0 Å². The van der Waals surface area contributed by atoms with Gasteiger partial charge in [-0.15, -0.1) is 0 Å². The topological polar surface area (TPSA) is 15.3 Å². The van der Waals surface area contributed by atoms with E-state index in [1.54, 1.807) is 0 Å². The van der Waals surface area contributed by atoms with Gasteiger partial charge in [0, 0.05) is 11.3 Å². The largest absolute Gasteiger partial charge is 0.314 e. The van der Waals surface area contributed by atoms with Gasteiger partial charge in [0.25, 0.3) is 0 Å². The van der Waals surface area contributed by atoms with Crippen LogP contribution >= 0.6 is 11.8 Å². The van der Waals surface area contributed by atoms with Gasteiger partial charge in [0.1, 0.15) is 0 Å². The molecule has 0 aromatic carbocycles. The maximum absolute atomic E-state index is 3.75. The Bertz CT molecular complexity index is 204. The fourth-order valence-electron chi connectivity index (χ4n) is 3.13. The van der Waals surface area contributed by atoms with Crippen molar-refractivity contribution in [1.29, 1.82) is 0 Å². The minimum absolute atomic E-state index is 0.817. The summed E-state index contributed by atoms with van der Waals surface area (Å²) in [7, 11) is 0. The van der Waals surface area contributed by atoms with Crippen LogP contribution in [0, 0.1) is 0 Å². The summed E-state index contributed by atoms with van der Waals surface area (Å²) in [6.45, 7) is 7.51. The number of rotatable bonds is 7. The standard InChI is InChI=1S/C14H28N2S/c1-2-17-14-7-6-13(12-14)15-8-5-11-16-9-3-4-10-16/h13-15H,2-12H2,1H3. The molecule has 1 saturated carbocycles. The van der Waals surface area contributed by atoms with E-state index in [4.69, 9.17) is 0 Å². The summed E-state index contributed by atoms with van der Waals surface area (Å²) < 4.78 is 0. The Morgan fingerprint density at radius 2 is 2.06 bits per heavy atom. The van der Waals surface area contributed by atoms with Crippen LogP contribution in [0.3, 0.4) is 0 Å². The maximum Gasteiger partial charge on any atom is 0.00780 e. The Hall–Kier alpha value is 0.270.